The van der Waals surface area contributed by atoms with Crippen LogP contribution in [0, 0.1) is 5.92 Å². The van der Waals surface area contributed by atoms with Crippen molar-refractivity contribution in [1.82, 2.24) is 4.98 Å². The summed E-state index contributed by atoms with van der Waals surface area (Å²) in [6, 6.07) is 10.7. The third-order valence-corrected chi connectivity index (χ3v) is 6.69. The molecule has 1 atom stereocenters. The monoisotopic (exact) mass is 341 g/mol. The van der Waals surface area contributed by atoms with E-state index < -0.39 is 0 Å². The Morgan fingerprint density at radius 2 is 2.00 bits per heavy atom. The van der Waals surface area contributed by atoms with Crippen molar-refractivity contribution in [3.05, 3.63) is 63.9 Å². The Morgan fingerprint density at radius 1 is 1.17 bits per heavy atom. The predicted octanol–water partition coefficient (Wildman–Crippen LogP) is 5.83. The first-order chi connectivity index (χ1) is 11.2. The Balaban J connectivity index is 1.93. The van der Waals surface area contributed by atoms with Crippen molar-refractivity contribution < 1.29 is 0 Å². The second kappa shape index (κ2) is 6.38. The highest BCUT2D eigenvalue weighted by Gasteiger charge is 2.32. The fraction of sp³-hybridized carbons (Fsp3) is 0.350. The zero-order valence-corrected chi connectivity index (χ0v) is 15.1. The average molecular weight is 342 g/mol. The van der Waals surface area contributed by atoms with Crippen LogP contribution in [0.4, 0.5) is 0 Å². The van der Waals surface area contributed by atoms with Crippen LogP contribution in [0.15, 0.2) is 36.5 Å². The first-order valence-electron chi connectivity index (χ1n) is 8.38. The van der Waals surface area contributed by atoms with Crippen molar-refractivity contribution in [2.24, 2.45) is 5.92 Å². The van der Waals surface area contributed by atoms with E-state index in [4.69, 9.17) is 16.6 Å². The third-order valence-electron chi connectivity index (χ3n) is 5.17. The molecule has 1 saturated heterocycles. The lowest BCUT2D eigenvalue weighted by molar-refractivity contribution is 0.427. The minimum Gasteiger partial charge on any atom is -0.260 e. The molecule has 1 aliphatic heterocycles. The van der Waals surface area contributed by atoms with Gasteiger partial charge in [0.1, 0.15) is 0 Å². The summed E-state index contributed by atoms with van der Waals surface area (Å²) >= 11 is 6.28. The summed E-state index contributed by atoms with van der Waals surface area (Å²) in [5, 5.41) is 0.815. The molecule has 23 heavy (non-hydrogen) atoms. The Hall–Kier alpha value is -1.17. The number of halogens is 1. The first-order valence-corrected chi connectivity index (χ1v) is 10.2. The molecule has 4 rings (SSSR count). The fourth-order valence-corrected chi connectivity index (χ4v) is 5.65. The molecule has 0 bridgehead atoms. The quantitative estimate of drug-likeness (QED) is 0.595. The van der Waals surface area contributed by atoms with Gasteiger partial charge in [-0.25, -0.2) is 0 Å². The molecule has 0 radical (unpaired) electrons. The van der Waals surface area contributed by atoms with Crippen molar-refractivity contribution in [3.63, 3.8) is 0 Å². The maximum absolute atomic E-state index is 6.28. The molecule has 1 unspecified atom stereocenters. The minimum atomic E-state index is 0.400. The van der Waals surface area contributed by atoms with Gasteiger partial charge in [-0.1, -0.05) is 29.8 Å². The molecule has 0 saturated carbocycles. The SMILES string of the molecule is CC1=Cc2cc(Cl)ccc2C(C2CCPCC2)c2ncccc21. The lowest BCUT2D eigenvalue weighted by atomic mass is 9.78. The van der Waals surface area contributed by atoms with E-state index in [0.29, 0.717) is 11.8 Å². The summed E-state index contributed by atoms with van der Waals surface area (Å²) in [6.07, 6.45) is 9.62. The van der Waals surface area contributed by atoms with Gasteiger partial charge in [0.2, 0.25) is 0 Å². The Morgan fingerprint density at radius 3 is 2.83 bits per heavy atom. The van der Waals surface area contributed by atoms with Gasteiger partial charge in [0, 0.05) is 17.1 Å². The number of fused-ring (bicyclic) bond motifs is 2. The minimum absolute atomic E-state index is 0.400. The number of allylic oxidation sites excluding steroid dienone is 1. The van der Waals surface area contributed by atoms with E-state index in [0.717, 1.165) is 13.6 Å². The maximum Gasteiger partial charge on any atom is 0.0556 e. The summed E-state index contributed by atoms with van der Waals surface area (Å²) in [7, 11) is 1.14. The van der Waals surface area contributed by atoms with Crippen molar-refractivity contribution in [2.45, 2.75) is 25.7 Å². The van der Waals surface area contributed by atoms with Crippen LogP contribution in [0.1, 0.15) is 48.1 Å². The average Bonchev–Trinajstić information content (AvgIpc) is 2.70. The van der Waals surface area contributed by atoms with Crippen LogP contribution >= 0.6 is 20.2 Å². The summed E-state index contributed by atoms with van der Waals surface area (Å²) in [6.45, 7) is 2.19. The molecule has 0 spiro atoms. The largest absolute Gasteiger partial charge is 0.260 e. The Labute approximate surface area is 145 Å². The van der Waals surface area contributed by atoms with Crippen LogP contribution in [0.3, 0.4) is 0 Å². The van der Waals surface area contributed by atoms with Crippen molar-refractivity contribution in [2.75, 3.05) is 12.3 Å². The van der Waals surface area contributed by atoms with Crippen LogP contribution in [0.2, 0.25) is 5.02 Å². The number of benzene rings is 1. The van der Waals surface area contributed by atoms with Gasteiger partial charge in [0.05, 0.1) is 5.69 Å². The number of aromatic nitrogens is 1. The van der Waals surface area contributed by atoms with Crippen LogP contribution in [0.25, 0.3) is 11.6 Å². The maximum atomic E-state index is 6.28. The second-order valence-electron chi connectivity index (χ2n) is 6.60. The normalized spacial score (nSPS) is 24.5. The highest BCUT2D eigenvalue weighted by molar-refractivity contribution is 7.38. The standard InChI is InChI=1S/C20H21ClNP/c1-13-11-15-12-16(21)4-5-18(15)19(14-6-9-23-10-7-14)20-17(13)3-2-8-22-20/h2-5,8,11-12,14,19,23H,6-7,9-10H2,1H3. The predicted molar refractivity (Wildman–Crippen MR) is 102 cm³/mol. The smallest absolute Gasteiger partial charge is 0.0556 e. The van der Waals surface area contributed by atoms with Gasteiger partial charge in [-0.05, 0) is 78.5 Å². The van der Waals surface area contributed by atoms with Gasteiger partial charge in [-0.2, -0.15) is 0 Å². The third kappa shape index (κ3) is 2.86. The summed E-state index contributed by atoms with van der Waals surface area (Å²) in [5.41, 5.74) is 6.53. The number of pyridine rings is 1. The number of hydrogen-bond acceptors (Lipinski definition) is 1. The van der Waals surface area contributed by atoms with E-state index in [-0.39, 0.29) is 0 Å². The van der Waals surface area contributed by atoms with Crippen LogP contribution in [0.5, 0.6) is 0 Å². The zero-order chi connectivity index (χ0) is 15.8. The van der Waals surface area contributed by atoms with E-state index in [9.17, 15) is 0 Å². The molecule has 0 amide bonds. The molecule has 1 nitrogen and oxygen atoms in total. The molecule has 2 heterocycles. The lowest BCUT2D eigenvalue weighted by Gasteiger charge is -2.31. The molecule has 2 aliphatic rings. The summed E-state index contributed by atoms with van der Waals surface area (Å²) < 4.78 is 0. The first kappa shape index (κ1) is 15.4. The topological polar surface area (TPSA) is 12.9 Å². The van der Waals surface area contributed by atoms with Gasteiger partial charge >= 0.3 is 0 Å². The highest BCUT2D eigenvalue weighted by Crippen LogP contribution is 2.46. The molecular weight excluding hydrogens is 321 g/mol. The van der Waals surface area contributed by atoms with E-state index >= 15 is 0 Å². The molecule has 0 N–H and O–H groups in total. The summed E-state index contributed by atoms with van der Waals surface area (Å²) in [4.78, 5) is 4.84. The number of hydrogen-bond donors (Lipinski definition) is 0. The van der Waals surface area contributed by atoms with Gasteiger partial charge < -0.3 is 0 Å². The highest BCUT2D eigenvalue weighted by atomic mass is 35.5. The number of rotatable bonds is 1. The van der Waals surface area contributed by atoms with Crippen molar-refractivity contribution in [1.29, 1.82) is 0 Å². The lowest BCUT2D eigenvalue weighted by Crippen LogP contribution is -2.21. The van der Waals surface area contributed by atoms with Crippen LogP contribution < -0.4 is 0 Å². The number of nitrogens with zero attached hydrogens (tertiary/aromatic N) is 1. The van der Waals surface area contributed by atoms with E-state index in [1.807, 2.05) is 12.3 Å². The van der Waals surface area contributed by atoms with Gasteiger partial charge in [0.25, 0.3) is 0 Å². The molecule has 118 valence electrons. The van der Waals surface area contributed by atoms with Crippen molar-refractivity contribution >= 4 is 31.8 Å². The Kier molecular flexibility index (Phi) is 4.26. The molecular formula is C20H21ClNP. The molecule has 1 aliphatic carbocycles. The van der Waals surface area contributed by atoms with Gasteiger partial charge in [-0.3, -0.25) is 4.98 Å². The Bertz CT molecular complexity index is 762. The van der Waals surface area contributed by atoms with Crippen LogP contribution in [-0.4, -0.2) is 17.3 Å². The van der Waals surface area contributed by atoms with Crippen LogP contribution in [-0.2, 0) is 0 Å². The molecule has 1 aromatic carbocycles. The molecule has 1 aromatic heterocycles. The van der Waals surface area contributed by atoms with E-state index in [1.54, 1.807) is 0 Å². The van der Waals surface area contributed by atoms with E-state index in [1.165, 1.54) is 53.1 Å². The summed E-state index contributed by atoms with van der Waals surface area (Å²) in [5.74, 6) is 1.10. The van der Waals surface area contributed by atoms with Gasteiger partial charge in [0.15, 0.2) is 0 Å². The zero-order valence-electron chi connectivity index (χ0n) is 13.3. The van der Waals surface area contributed by atoms with E-state index in [2.05, 4.69) is 37.3 Å². The molecule has 2 aromatic rings. The fourth-order valence-electron chi connectivity index (χ4n) is 4.07. The second-order valence-corrected chi connectivity index (χ2v) is 8.54. The van der Waals surface area contributed by atoms with Gasteiger partial charge in [-0.15, -0.1) is 8.58 Å². The molecule has 3 heteroatoms. The van der Waals surface area contributed by atoms with Crippen molar-refractivity contribution in [3.8, 4) is 0 Å². The molecule has 1 fully saturated rings.